The number of halogens is 2. The summed E-state index contributed by atoms with van der Waals surface area (Å²) in [5.74, 6) is 1.21. The molecule has 0 unspecified atom stereocenters. The molecule has 0 spiro atoms. The molecule has 0 atom stereocenters. The highest BCUT2D eigenvalue weighted by molar-refractivity contribution is 7.99. The number of rotatable bonds is 6. The number of carbonyl (C=O) groups excluding carboxylic acids is 1. The topological polar surface area (TPSA) is 51.2 Å². The third-order valence-corrected chi connectivity index (χ3v) is 5.47. The zero-order valence-corrected chi connectivity index (χ0v) is 17.2. The van der Waals surface area contributed by atoms with Crippen molar-refractivity contribution in [3.8, 4) is 5.75 Å². The molecule has 1 heterocycles. The van der Waals surface area contributed by atoms with E-state index in [4.69, 9.17) is 27.9 Å². The lowest BCUT2D eigenvalue weighted by Crippen LogP contribution is -2.12. The number of pyridine rings is 1. The van der Waals surface area contributed by atoms with Crippen LogP contribution in [0.2, 0.25) is 10.0 Å². The number of aromatic nitrogens is 1. The van der Waals surface area contributed by atoms with E-state index in [1.165, 1.54) is 11.8 Å². The maximum absolute atomic E-state index is 12.2. The highest BCUT2D eigenvalue weighted by Gasteiger charge is 2.10. The van der Waals surface area contributed by atoms with Crippen LogP contribution in [0.4, 0.5) is 5.69 Å². The Morgan fingerprint density at radius 2 is 2.04 bits per heavy atom. The molecule has 0 saturated heterocycles. The fraction of sp³-hybridized carbons (Fsp3) is 0.200. The number of benzene rings is 2. The second kappa shape index (κ2) is 8.83. The second-order valence-corrected chi connectivity index (χ2v) is 7.86. The van der Waals surface area contributed by atoms with E-state index in [1.807, 2.05) is 31.2 Å². The van der Waals surface area contributed by atoms with Gasteiger partial charge in [-0.1, -0.05) is 35.3 Å². The standard InChI is InChI=1S/C20H18Cl2N2O2S/c1-12-10-19(24-20-14(12)4-3-5-17(20)26-2)27-9-8-18(25)23-16-11-13(21)6-7-15(16)22/h3-7,10-11H,8-9H2,1-2H3,(H,23,25). The summed E-state index contributed by atoms with van der Waals surface area (Å²) in [5, 5.41) is 5.69. The number of para-hydroxylation sites is 1. The van der Waals surface area contributed by atoms with Crippen LogP contribution >= 0.6 is 35.0 Å². The van der Waals surface area contributed by atoms with Crippen LogP contribution in [0.3, 0.4) is 0 Å². The lowest BCUT2D eigenvalue weighted by atomic mass is 10.1. The minimum Gasteiger partial charge on any atom is -0.494 e. The number of hydrogen-bond acceptors (Lipinski definition) is 4. The summed E-state index contributed by atoms with van der Waals surface area (Å²) in [7, 11) is 1.64. The van der Waals surface area contributed by atoms with Gasteiger partial charge in [0.2, 0.25) is 5.91 Å². The zero-order chi connectivity index (χ0) is 19.4. The number of methoxy groups -OCH3 is 1. The maximum Gasteiger partial charge on any atom is 0.225 e. The molecule has 0 saturated carbocycles. The van der Waals surface area contributed by atoms with Crippen molar-refractivity contribution in [2.45, 2.75) is 18.4 Å². The molecule has 1 N–H and O–H groups in total. The van der Waals surface area contributed by atoms with E-state index in [2.05, 4.69) is 10.3 Å². The Morgan fingerprint density at radius 1 is 1.22 bits per heavy atom. The van der Waals surface area contributed by atoms with Gasteiger partial charge in [-0.2, -0.15) is 0 Å². The third-order valence-electron chi connectivity index (χ3n) is 3.99. The van der Waals surface area contributed by atoms with E-state index >= 15 is 0 Å². The largest absolute Gasteiger partial charge is 0.494 e. The molecule has 0 aliphatic heterocycles. The van der Waals surface area contributed by atoms with Crippen LogP contribution in [0.15, 0.2) is 47.5 Å². The first-order valence-corrected chi connectivity index (χ1v) is 10.0. The number of hydrogen-bond donors (Lipinski definition) is 1. The number of ether oxygens (including phenoxy) is 1. The molecule has 0 aliphatic rings. The first-order chi connectivity index (χ1) is 13.0. The first kappa shape index (κ1) is 19.8. The number of fused-ring (bicyclic) bond motifs is 1. The molecular formula is C20H18Cl2N2O2S. The molecular weight excluding hydrogens is 403 g/mol. The van der Waals surface area contributed by atoms with Crippen molar-refractivity contribution < 1.29 is 9.53 Å². The molecule has 0 aliphatic carbocycles. The first-order valence-electron chi connectivity index (χ1n) is 8.30. The molecule has 1 amide bonds. The van der Waals surface area contributed by atoms with E-state index < -0.39 is 0 Å². The number of carbonyl (C=O) groups is 1. The van der Waals surface area contributed by atoms with Crippen LogP contribution in [-0.2, 0) is 4.79 Å². The molecule has 0 radical (unpaired) electrons. The summed E-state index contributed by atoms with van der Waals surface area (Å²) in [5.41, 5.74) is 2.47. The zero-order valence-electron chi connectivity index (χ0n) is 14.9. The summed E-state index contributed by atoms with van der Waals surface area (Å²) in [6.07, 6.45) is 0.332. The van der Waals surface area contributed by atoms with Crippen molar-refractivity contribution in [1.29, 1.82) is 0 Å². The quantitative estimate of drug-likeness (QED) is 0.498. The molecule has 0 bridgehead atoms. The van der Waals surface area contributed by atoms with Crippen LogP contribution in [0.25, 0.3) is 10.9 Å². The fourth-order valence-corrected chi connectivity index (χ4v) is 3.90. The van der Waals surface area contributed by atoms with Gasteiger partial charge in [-0.25, -0.2) is 4.98 Å². The van der Waals surface area contributed by atoms with Crippen molar-refractivity contribution >= 4 is 57.5 Å². The SMILES string of the molecule is COc1cccc2c(C)cc(SCCC(=O)Nc3cc(Cl)ccc3Cl)nc12. The van der Waals surface area contributed by atoms with Crippen molar-refractivity contribution in [1.82, 2.24) is 4.98 Å². The van der Waals surface area contributed by atoms with Crippen molar-refractivity contribution in [3.05, 3.63) is 58.1 Å². The van der Waals surface area contributed by atoms with E-state index in [0.29, 0.717) is 27.9 Å². The van der Waals surface area contributed by atoms with E-state index in [9.17, 15) is 4.79 Å². The average molecular weight is 421 g/mol. The fourth-order valence-electron chi connectivity index (χ4n) is 2.65. The predicted octanol–water partition coefficient (Wildman–Crippen LogP) is 5.98. The predicted molar refractivity (Wildman–Crippen MR) is 113 cm³/mol. The van der Waals surface area contributed by atoms with Gasteiger partial charge in [-0.05, 0) is 42.8 Å². The van der Waals surface area contributed by atoms with Crippen LogP contribution in [0.1, 0.15) is 12.0 Å². The van der Waals surface area contributed by atoms with Gasteiger partial charge in [-0.3, -0.25) is 4.79 Å². The molecule has 0 fully saturated rings. The van der Waals surface area contributed by atoms with Gasteiger partial charge in [0.15, 0.2) is 0 Å². The lowest BCUT2D eigenvalue weighted by Gasteiger charge is -2.10. The smallest absolute Gasteiger partial charge is 0.225 e. The van der Waals surface area contributed by atoms with Gasteiger partial charge < -0.3 is 10.1 Å². The summed E-state index contributed by atoms with van der Waals surface area (Å²) in [6, 6.07) is 12.9. The second-order valence-electron chi connectivity index (χ2n) is 5.90. The van der Waals surface area contributed by atoms with Crippen LogP contribution in [-0.4, -0.2) is 23.8 Å². The average Bonchev–Trinajstić information content (AvgIpc) is 2.64. The molecule has 3 rings (SSSR count). The Hall–Kier alpha value is -1.95. The van der Waals surface area contributed by atoms with E-state index in [0.717, 1.165) is 27.2 Å². The minimum atomic E-state index is -0.123. The minimum absolute atomic E-state index is 0.123. The van der Waals surface area contributed by atoms with Crippen molar-refractivity contribution in [2.24, 2.45) is 0 Å². The highest BCUT2D eigenvalue weighted by atomic mass is 35.5. The van der Waals surface area contributed by atoms with Crippen LogP contribution in [0, 0.1) is 6.92 Å². The van der Waals surface area contributed by atoms with Gasteiger partial charge in [0.25, 0.3) is 0 Å². The van der Waals surface area contributed by atoms with Crippen molar-refractivity contribution in [3.63, 3.8) is 0 Å². The molecule has 1 aromatic heterocycles. The van der Waals surface area contributed by atoms with Crippen molar-refractivity contribution in [2.75, 3.05) is 18.2 Å². The van der Waals surface area contributed by atoms with Crippen LogP contribution in [0.5, 0.6) is 5.75 Å². The van der Waals surface area contributed by atoms with Gasteiger partial charge in [0, 0.05) is 22.6 Å². The Morgan fingerprint density at radius 3 is 2.81 bits per heavy atom. The Kier molecular flexibility index (Phi) is 6.47. The van der Waals surface area contributed by atoms with Gasteiger partial charge in [-0.15, -0.1) is 11.8 Å². The van der Waals surface area contributed by atoms with Gasteiger partial charge in [0.05, 0.1) is 22.8 Å². The Bertz CT molecular complexity index is 995. The normalized spacial score (nSPS) is 10.8. The summed E-state index contributed by atoms with van der Waals surface area (Å²) in [6.45, 7) is 2.04. The monoisotopic (exact) mass is 420 g/mol. The van der Waals surface area contributed by atoms with Crippen LogP contribution < -0.4 is 10.1 Å². The number of nitrogens with one attached hydrogen (secondary N) is 1. The molecule has 7 heteroatoms. The third kappa shape index (κ3) is 4.86. The molecule has 140 valence electrons. The molecule has 4 nitrogen and oxygen atoms in total. The lowest BCUT2D eigenvalue weighted by molar-refractivity contribution is -0.115. The number of anilines is 1. The number of amides is 1. The number of nitrogens with zero attached hydrogens (tertiary/aromatic N) is 1. The summed E-state index contributed by atoms with van der Waals surface area (Å²) < 4.78 is 5.41. The number of thioether (sulfide) groups is 1. The maximum atomic E-state index is 12.2. The molecule has 3 aromatic rings. The Labute approximate surface area is 172 Å². The van der Waals surface area contributed by atoms with E-state index in [-0.39, 0.29) is 5.91 Å². The summed E-state index contributed by atoms with van der Waals surface area (Å²) in [4.78, 5) is 16.9. The van der Waals surface area contributed by atoms with E-state index in [1.54, 1.807) is 25.3 Å². The van der Waals surface area contributed by atoms with Gasteiger partial charge >= 0.3 is 0 Å². The highest BCUT2D eigenvalue weighted by Crippen LogP contribution is 2.30. The Balaban J connectivity index is 1.65. The molecule has 2 aromatic carbocycles. The van der Waals surface area contributed by atoms with Gasteiger partial charge in [0.1, 0.15) is 11.3 Å². The summed E-state index contributed by atoms with van der Waals surface area (Å²) >= 11 is 13.5. The molecule has 27 heavy (non-hydrogen) atoms. The number of aryl methyl sites for hydroxylation is 1.